The van der Waals surface area contributed by atoms with Crippen molar-refractivity contribution in [2.24, 2.45) is 0 Å². The molecule has 0 spiro atoms. The Balaban J connectivity index is 1.58. The number of nitrogens with one attached hydrogen (secondary N) is 2. The lowest BCUT2D eigenvalue weighted by Crippen LogP contribution is -2.19. The summed E-state index contributed by atoms with van der Waals surface area (Å²) in [6, 6.07) is 5.13. The molecule has 2 amide bonds. The summed E-state index contributed by atoms with van der Waals surface area (Å²) in [5.74, 6) is -0.101. The molecule has 0 aliphatic heterocycles. The number of nitrogens with zero attached hydrogens (tertiary/aromatic N) is 4. The number of fused-ring (bicyclic) bond motifs is 1. The van der Waals surface area contributed by atoms with Crippen molar-refractivity contribution in [1.82, 2.24) is 20.0 Å². The zero-order valence-electron chi connectivity index (χ0n) is 12.7. The molecule has 10 heteroatoms. The number of carbonyl (C=O) groups excluding carboxylic acids is 2. The van der Waals surface area contributed by atoms with Crippen LogP contribution in [-0.4, -0.2) is 38.6 Å². The number of aromatic nitrogens is 4. The third-order valence-electron chi connectivity index (χ3n) is 2.96. The molecule has 2 aromatic heterocycles. The zero-order chi connectivity index (χ0) is 16.9. The van der Waals surface area contributed by atoms with E-state index in [0.717, 1.165) is 0 Å². The van der Waals surface area contributed by atoms with Gasteiger partial charge in [0, 0.05) is 5.69 Å². The Morgan fingerprint density at radius 1 is 1.33 bits per heavy atom. The van der Waals surface area contributed by atoms with E-state index >= 15 is 0 Å². The van der Waals surface area contributed by atoms with Gasteiger partial charge in [-0.1, -0.05) is 5.21 Å². The molecule has 1 aromatic carbocycles. The minimum atomic E-state index is -0.630. The molecule has 0 saturated carbocycles. The summed E-state index contributed by atoms with van der Waals surface area (Å²) >= 11 is 0. The lowest BCUT2D eigenvalue weighted by molar-refractivity contribution is -0.116. The molecular formula is C14H14N6O4. The minimum absolute atomic E-state index is 0.0612. The van der Waals surface area contributed by atoms with Crippen LogP contribution >= 0.6 is 0 Å². The van der Waals surface area contributed by atoms with Gasteiger partial charge in [0.1, 0.15) is 12.1 Å². The molecule has 0 aliphatic rings. The fourth-order valence-electron chi connectivity index (χ4n) is 1.99. The van der Waals surface area contributed by atoms with Gasteiger partial charge in [0.15, 0.2) is 17.8 Å². The molecule has 2 N–H and O–H groups in total. The Morgan fingerprint density at radius 2 is 2.21 bits per heavy atom. The SMILES string of the molecule is CCOC(=O)Nc1cn(CC(=O)Nc2ccc3ocnc3c2)nn1. The van der Waals surface area contributed by atoms with Crippen LogP contribution in [-0.2, 0) is 16.1 Å². The van der Waals surface area contributed by atoms with E-state index in [1.54, 1.807) is 25.1 Å². The molecule has 24 heavy (non-hydrogen) atoms. The number of anilines is 2. The van der Waals surface area contributed by atoms with Crippen LogP contribution in [0.2, 0.25) is 0 Å². The molecule has 124 valence electrons. The van der Waals surface area contributed by atoms with E-state index in [2.05, 4.69) is 25.9 Å². The molecule has 0 unspecified atom stereocenters. The fraction of sp³-hybridized carbons (Fsp3) is 0.214. The van der Waals surface area contributed by atoms with E-state index in [9.17, 15) is 9.59 Å². The lowest BCUT2D eigenvalue weighted by Gasteiger charge is -2.04. The van der Waals surface area contributed by atoms with Crippen molar-refractivity contribution >= 4 is 34.6 Å². The first-order valence-corrected chi connectivity index (χ1v) is 7.11. The van der Waals surface area contributed by atoms with Gasteiger partial charge in [0.05, 0.1) is 12.8 Å². The maximum atomic E-state index is 12.0. The molecule has 0 fully saturated rings. The van der Waals surface area contributed by atoms with Gasteiger partial charge >= 0.3 is 6.09 Å². The van der Waals surface area contributed by atoms with Gasteiger partial charge in [-0.25, -0.2) is 14.5 Å². The molecule has 0 aliphatic carbocycles. The normalized spacial score (nSPS) is 10.5. The van der Waals surface area contributed by atoms with E-state index < -0.39 is 6.09 Å². The second-order valence-electron chi connectivity index (χ2n) is 4.73. The predicted octanol–water partition coefficient (Wildman–Crippen LogP) is 1.63. The van der Waals surface area contributed by atoms with Crippen molar-refractivity contribution < 1.29 is 18.7 Å². The van der Waals surface area contributed by atoms with Crippen LogP contribution in [0.1, 0.15) is 6.92 Å². The van der Waals surface area contributed by atoms with Crippen molar-refractivity contribution in [3.8, 4) is 0 Å². The molecule has 0 bridgehead atoms. The maximum Gasteiger partial charge on any atom is 0.412 e. The third-order valence-corrected chi connectivity index (χ3v) is 2.96. The van der Waals surface area contributed by atoms with Crippen LogP contribution in [0.5, 0.6) is 0 Å². The Bertz CT molecular complexity index is 871. The number of carbonyl (C=O) groups is 2. The van der Waals surface area contributed by atoms with Gasteiger partial charge in [0.2, 0.25) is 5.91 Å². The van der Waals surface area contributed by atoms with Crippen molar-refractivity contribution in [3.05, 3.63) is 30.8 Å². The van der Waals surface area contributed by atoms with Crippen molar-refractivity contribution in [2.45, 2.75) is 13.5 Å². The average molecular weight is 330 g/mol. The van der Waals surface area contributed by atoms with Gasteiger partial charge in [-0.15, -0.1) is 5.10 Å². The van der Waals surface area contributed by atoms with E-state index in [0.29, 0.717) is 16.8 Å². The van der Waals surface area contributed by atoms with E-state index in [-0.39, 0.29) is 24.9 Å². The number of rotatable bonds is 5. The molecular weight excluding hydrogens is 316 g/mol. The standard InChI is InChI=1S/C14H14N6O4/c1-2-23-14(22)17-12-6-20(19-18-12)7-13(21)16-9-3-4-11-10(5-9)15-8-24-11/h3-6,8H,2,7H2,1H3,(H,16,21)(H,17,22). The molecule has 0 saturated heterocycles. The second-order valence-corrected chi connectivity index (χ2v) is 4.73. The average Bonchev–Trinajstić information content (AvgIpc) is 3.16. The summed E-state index contributed by atoms with van der Waals surface area (Å²) in [5, 5.41) is 12.6. The molecule has 10 nitrogen and oxygen atoms in total. The van der Waals surface area contributed by atoms with Gasteiger partial charge in [0.25, 0.3) is 0 Å². The van der Waals surface area contributed by atoms with Crippen LogP contribution in [0.25, 0.3) is 11.1 Å². The van der Waals surface area contributed by atoms with Crippen LogP contribution in [0, 0.1) is 0 Å². The number of amides is 2. The van der Waals surface area contributed by atoms with Crippen molar-refractivity contribution in [2.75, 3.05) is 17.2 Å². The van der Waals surface area contributed by atoms with Crippen molar-refractivity contribution in [3.63, 3.8) is 0 Å². The summed E-state index contributed by atoms with van der Waals surface area (Å²) in [7, 11) is 0. The fourth-order valence-corrected chi connectivity index (χ4v) is 1.99. The van der Waals surface area contributed by atoms with Crippen LogP contribution in [0.3, 0.4) is 0 Å². The van der Waals surface area contributed by atoms with E-state index in [1.807, 2.05) is 0 Å². The number of hydrogen-bond donors (Lipinski definition) is 2. The second kappa shape index (κ2) is 6.77. The first-order chi connectivity index (χ1) is 11.6. The smallest absolute Gasteiger partial charge is 0.412 e. The topological polar surface area (TPSA) is 124 Å². The summed E-state index contributed by atoms with van der Waals surface area (Å²) in [5.41, 5.74) is 1.87. The monoisotopic (exact) mass is 330 g/mol. The van der Waals surface area contributed by atoms with E-state index in [4.69, 9.17) is 9.15 Å². The molecule has 0 radical (unpaired) electrons. The quantitative estimate of drug-likeness (QED) is 0.728. The third kappa shape index (κ3) is 3.66. The van der Waals surface area contributed by atoms with E-state index in [1.165, 1.54) is 17.3 Å². The largest absolute Gasteiger partial charge is 0.450 e. The summed E-state index contributed by atoms with van der Waals surface area (Å²) in [6.45, 7) is 1.88. The van der Waals surface area contributed by atoms with Gasteiger partial charge in [-0.2, -0.15) is 0 Å². The molecule has 0 atom stereocenters. The highest BCUT2D eigenvalue weighted by Gasteiger charge is 2.10. The first-order valence-electron chi connectivity index (χ1n) is 7.11. The summed E-state index contributed by atoms with van der Waals surface area (Å²) in [4.78, 5) is 27.3. The Labute approximate surface area is 135 Å². The highest BCUT2D eigenvalue weighted by molar-refractivity contribution is 5.92. The molecule has 3 rings (SSSR count). The lowest BCUT2D eigenvalue weighted by atomic mass is 10.3. The summed E-state index contributed by atoms with van der Waals surface area (Å²) < 4.78 is 11.2. The van der Waals surface area contributed by atoms with Crippen molar-refractivity contribution in [1.29, 1.82) is 0 Å². The Morgan fingerprint density at radius 3 is 3.04 bits per heavy atom. The number of oxazole rings is 1. The number of benzene rings is 1. The highest BCUT2D eigenvalue weighted by Crippen LogP contribution is 2.17. The minimum Gasteiger partial charge on any atom is -0.450 e. The van der Waals surface area contributed by atoms with Gasteiger partial charge in [-0.3, -0.25) is 10.1 Å². The first kappa shape index (κ1) is 15.5. The molecule has 2 heterocycles. The number of hydrogen-bond acceptors (Lipinski definition) is 7. The van der Waals surface area contributed by atoms with Crippen LogP contribution < -0.4 is 10.6 Å². The highest BCUT2D eigenvalue weighted by atomic mass is 16.5. The zero-order valence-corrected chi connectivity index (χ0v) is 12.7. The van der Waals surface area contributed by atoms with Crippen LogP contribution in [0.15, 0.2) is 35.2 Å². The van der Waals surface area contributed by atoms with Gasteiger partial charge in [-0.05, 0) is 25.1 Å². The Kier molecular flexibility index (Phi) is 4.36. The van der Waals surface area contributed by atoms with Gasteiger partial charge < -0.3 is 14.5 Å². The molecule has 3 aromatic rings. The number of ether oxygens (including phenoxy) is 1. The maximum absolute atomic E-state index is 12.0. The Hall–Kier alpha value is -3.43. The predicted molar refractivity (Wildman–Crippen MR) is 83.3 cm³/mol. The van der Waals surface area contributed by atoms with Crippen LogP contribution in [0.4, 0.5) is 16.3 Å². The summed E-state index contributed by atoms with van der Waals surface area (Å²) in [6.07, 6.45) is 2.14.